The van der Waals surface area contributed by atoms with E-state index in [9.17, 15) is 21.6 Å². The molecule has 0 amide bonds. The van der Waals surface area contributed by atoms with E-state index >= 15 is 0 Å². The topological polar surface area (TPSA) is 78.0 Å². The van der Waals surface area contributed by atoms with Crippen LogP contribution in [0.3, 0.4) is 0 Å². The Hall–Kier alpha value is -1.09. The van der Waals surface area contributed by atoms with Crippen molar-refractivity contribution < 1.29 is 21.6 Å². The van der Waals surface area contributed by atoms with Crippen LogP contribution in [0.25, 0.3) is 0 Å². The van der Waals surface area contributed by atoms with E-state index in [2.05, 4.69) is 4.98 Å². The predicted octanol–water partition coefficient (Wildman–Crippen LogP) is 1.22. The average molecular weight is 271 g/mol. The van der Waals surface area contributed by atoms with Gasteiger partial charge in [-0.3, -0.25) is 0 Å². The van der Waals surface area contributed by atoms with Crippen LogP contribution in [0, 0.1) is 0 Å². The molecule has 0 aromatic carbocycles. The molecule has 0 aliphatic heterocycles. The van der Waals surface area contributed by atoms with E-state index in [-0.39, 0.29) is 11.7 Å². The molecule has 0 radical (unpaired) electrons. The molecule has 1 aromatic rings. The van der Waals surface area contributed by atoms with Gasteiger partial charge in [0.05, 0.1) is 0 Å². The summed E-state index contributed by atoms with van der Waals surface area (Å²) in [7, 11) is -4.09. The zero-order valence-corrected chi connectivity index (χ0v) is 10.0. The van der Waals surface area contributed by atoms with Gasteiger partial charge in [-0.2, -0.15) is 13.2 Å². The van der Waals surface area contributed by atoms with Crippen LogP contribution in [0.15, 0.2) is 11.2 Å². The molecule has 1 heterocycles. The molecule has 9 heteroatoms. The second-order valence-electron chi connectivity index (χ2n) is 3.88. The first-order valence-corrected chi connectivity index (χ1v) is 6.22. The number of hydrogen-bond acceptors (Lipinski definition) is 3. The maximum absolute atomic E-state index is 12.3. The van der Waals surface area contributed by atoms with Crippen LogP contribution >= 0.6 is 0 Å². The lowest BCUT2D eigenvalue weighted by atomic mass is 10.2. The molecule has 1 rings (SSSR count). The summed E-state index contributed by atoms with van der Waals surface area (Å²) in [6.07, 6.45) is -3.64. The van der Waals surface area contributed by atoms with Gasteiger partial charge in [-0.05, 0) is 0 Å². The van der Waals surface area contributed by atoms with Gasteiger partial charge in [-0.25, -0.2) is 18.5 Å². The van der Waals surface area contributed by atoms with Gasteiger partial charge >= 0.3 is 6.18 Å². The second-order valence-corrected chi connectivity index (χ2v) is 5.39. The van der Waals surface area contributed by atoms with Crippen molar-refractivity contribution in [3.05, 3.63) is 12.0 Å². The Labute approximate surface area is 96.5 Å². The molecule has 17 heavy (non-hydrogen) atoms. The summed E-state index contributed by atoms with van der Waals surface area (Å²) >= 11 is 0. The van der Waals surface area contributed by atoms with Gasteiger partial charge in [-0.1, -0.05) is 13.8 Å². The third-order valence-electron chi connectivity index (χ3n) is 1.94. The van der Waals surface area contributed by atoms with E-state index in [0.29, 0.717) is 0 Å². The molecule has 98 valence electrons. The van der Waals surface area contributed by atoms with E-state index in [0.717, 1.165) is 10.8 Å². The molecule has 5 nitrogen and oxygen atoms in total. The molecule has 0 atom stereocenters. The van der Waals surface area contributed by atoms with Crippen molar-refractivity contribution in [2.24, 2.45) is 5.14 Å². The summed E-state index contributed by atoms with van der Waals surface area (Å²) in [6.45, 7) is 1.94. The maximum Gasteiger partial charge on any atom is 0.406 e. The molecule has 0 aliphatic carbocycles. The molecule has 2 N–H and O–H groups in total. The highest BCUT2D eigenvalue weighted by Gasteiger charge is 2.30. The monoisotopic (exact) mass is 271 g/mol. The van der Waals surface area contributed by atoms with Gasteiger partial charge in [0, 0.05) is 12.1 Å². The third kappa shape index (κ3) is 3.70. The summed E-state index contributed by atoms with van der Waals surface area (Å²) in [6, 6.07) is 0. The van der Waals surface area contributed by atoms with Crippen molar-refractivity contribution >= 4 is 10.0 Å². The van der Waals surface area contributed by atoms with Crippen molar-refractivity contribution in [1.82, 2.24) is 9.55 Å². The highest BCUT2D eigenvalue weighted by atomic mass is 32.2. The number of aromatic nitrogens is 2. The molecule has 0 fully saturated rings. The summed E-state index contributed by atoms with van der Waals surface area (Å²) in [5.41, 5.74) is 0. The second kappa shape index (κ2) is 4.30. The first kappa shape index (κ1) is 14.0. The number of nitrogens with zero attached hydrogens (tertiary/aromatic N) is 2. The number of halogens is 3. The van der Waals surface area contributed by atoms with E-state index in [1.54, 1.807) is 13.8 Å². The number of primary sulfonamides is 1. The van der Waals surface area contributed by atoms with E-state index < -0.39 is 27.8 Å². The van der Waals surface area contributed by atoms with E-state index in [1.165, 1.54) is 0 Å². The molecule has 0 aliphatic rings. The number of imidazole rings is 1. The first-order chi connectivity index (χ1) is 7.50. The van der Waals surface area contributed by atoms with Crippen LogP contribution in [0.2, 0.25) is 0 Å². The largest absolute Gasteiger partial charge is 0.406 e. The molecule has 1 aromatic heterocycles. The minimum absolute atomic E-state index is 0.0337. The lowest BCUT2D eigenvalue weighted by Crippen LogP contribution is -2.19. The Balaban J connectivity index is 3.24. The van der Waals surface area contributed by atoms with Gasteiger partial charge < -0.3 is 4.57 Å². The van der Waals surface area contributed by atoms with Crippen molar-refractivity contribution in [2.75, 3.05) is 0 Å². The zero-order chi connectivity index (χ0) is 13.4. The third-order valence-corrected chi connectivity index (χ3v) is 2.72. The van der Waals surface area contributed by atoms with Gasteiger partial charge in [-0.15, -0.1) is 0 Å². The SMILES string of the molecule is CC(C)c1nc(S(N)(=O)=O)cn1CC(F)(F)F. The Morgan fingerprint density at radius 3 is 2.35 bits per heavy atom. The lowest BCUT2D eigenvalue weighted by Gasteiger charge is -2.11. The van der Waals surface area contributed by atoms with Crippen molar-refractivity contribution in [1.29, 1.82) is 0 Å². The van der Waals surface area contributed by atoms with Gasteiger partial charge in [0.1, 0.15) is 12.4 Å². The van der Waals surface area contributed by atoms with Crippen molar-refractivity contribution in [3.63, 3.8) is 0 Å². The highest BCUT2D eigenvalue weighted by Crippen LogP contribution is 2.23. The molecule has 0 spiro atoms. The molecule has 0 bridgehead atoms. The molecular weight excluding hydrogens is 259 g/mol. The first-order valence-electron chi connectivity index (χ1n) is 4.67. The lowest BCUT2D eigenvalue weighted by molar-refractivity contribution is -0.141. The minimum Gasteiger partial charge on any atom is -0.324 e. The smallest absolute Gasteiger partial charge is 0.324 e. The molecule has 0 saturated carbocycles. The standard InChI is InChI=1S/C8H12F3N3O2S/c1-5(2)7-13-6(17(12,15)16)3-14(7)4-8(9,10)11/h3,5H,4H2,1-2H3,(H2,12,15,16). The minimum atomic E-state index is -4.44. The summed E-state index contributed by atoms with van der Waals surface area (Å²) < 4.78 is 59.6. The number of rotatable bonds is 3. The van der Waals surface area contributed by atoms with Crippen LogP contribution in [0.5, 0.6) is 0 Å². The van der Waals surface area contributed by atoms with Gasteiger partial charge in [0.2, 0.25) is 0 Å². The van der Waals surface area contributed by atoms with Crippen LogP contribution < -0.4 is 5.14 Å². The van der Waals surface area contributed by atoms with Crippen LogP contribution in [-0.2, 0) is 16.6 Å². The summed E-state index contributed by atoms with van der Waals surface area (Å²) in [5.74, 6) is -0.306. The number of sulfonamides is 1. The molecular formula is C8H12F3N3O2S. The summed E-state index contributed by atoms with van der Waals surface area (Å²) in [4.78, 5) is 3.62. The number of alkyl halides is 3. The maximum atomic E-state index is 12.3. The highest BCUT2D eigenvalue weighted by molar-refractivity contribution is 7.89. The summed E-state index contributed by atoms with van der Waals surface area (Å²) in [5, 5.41) is 4.27. The molecule has 0 saturated heterocycles. The van der Waals surface area contributed by atoms with E-state index in [4.69, 9.17) is 5.14 Å². The van der Waals surface area contributed by atoms with Crippen LogP contribution in [0.4, 0.5) is 13.2 Å². The zero-order valence-electron chi connectivity index (χ0n) is 9.19. The number of nitrogens with two attached hydrogens (primary N) is 1. The van der Waals surface area contributed by atoms with Gasteiger partial charge in [0.15, 0.2) is 5.03 Å². The Bertz CT molecular complexity index is 505. The quantitative estimate of drug-likeness (QED) is 0.897. The van der Waals surface area contributed by atoms with Crippen molar-refractivity contribution in [2.45, 2.75) is 37.5 Å². The van der Waals surface area contributed by atoms with Crippen LogP contribution in [-0.4, -0.2) is 24.1 Å². The van der Waals surface area contributed by atoms with Gasteiger partial charge in [0.25, 0.3) is 10.0 Å². The van der Waals surface area contributed by atoms with Crippen LogP contribution in [0.1, 0.15) is 25.6 Å². The predicted molar refractivity (Wildman–Crippen MR) is 53.7 cm³/mol. The Kier molecular flexibility index (Phi) is 3.53. The Morgan fingerprint density at radius 1 is 1.47 bits per heavy atom. The number of hydrogen-bond donors (Lipinski definition) is 1. The average Bonchev–Trinajstić information content (AvgIpc) is 2.43. The fourth-order valence-corrected chi connectivity index (χ4v) is 1.82. The fraction of sp³-hybridized carbons (Fsp3) is 0.625. The Morgan fingerprint density at radius 2 is 2.00 bits per heavy atom. The molecule has 0 unspecified atom stereocenters. The van der Waals surface area contributed by atoms with Crippen molar-refractivity contribution in [3.8, 4) is 0 Å². The van der Waals surface area contributed by atoms with E-state index in [1.807, 2.05) is 0 Å². The normalized spacial score (nSPS) is 13.4. The fourth-order valence-electron chi connectivity index (χ4n) is 1.32.